The average molecular weight is 1640 g/mol. The summed E-state index contributed by atoms with van der Waals surface area (Å²) in [6.07, 6.45) is 2.36. The number of primary amides is 1. The summed E-state index contributed by atoms with van der Waals surface area (Å²) in [5.74, 6) is -24.2. The molecule has 3 rings (SSSR count). The third-order valence-corrected chi connectivity index (χ3v) is 18.4. The highest BCUT2D eigenvalue weighted by molar-refractivity contribution is 6.05. The number of carbonyl (C=O) groups excluding carboxylic acids is 15. The van der Waals surface area contributed by atoms with Crippen molar-refractivity contribution in [1.29, 1.82) is 0 Å². The summed E-state index contributed by atoms with van der Waals surface area (Å²) in [5.41, 5.74) is 18.2. The van der Waals surface area contributed by atoms with Crippen molar-refractivity contribution in [3.05, 3.63) is 65.9 Å². The zero-order chi connectivity index (χ0) is 87.1. The van der Waals surface area contributed by atoms with E-state index >= 15 is 0 Å². The van der Waals surface area contributed by atoms with Crippen molar-refractivity contribution in [2.75, 3.05) is 32.0 Å². The van der Waals surface area contributed by atoms with Crippen LogP contribution in [0.2, 0.25) is 0 Å². The fourth-order valence-corrected chi connectivity index (χ4v) is 11.6. The second-order valence-corrected chi connectivity index (χ2v) is 28.1. The van der Waals surface area contributed by atoms with Crippen molar-refractivity contribution in [3.63, 3.8) is 0 Å². The van der Waals surface area contributed by atoms with Crippen LogP contribution in [0.25, 0.3) is 10.9 Å². The minimum Gasteiger partial charge on any atom is -0.481 e. The van der Waals surface area contributed by atoms with Crippen LogP contribution in [-0.4, -0.2) is 247 Å². The molecule has 0 saturated carbocycles. The van der Waals surface area contributed by atoms with Crippen molar-refractivity contribution < 1.29 is 122 Å². The highest BCUT2D eigenvalue weighted by Crippen LogP contribution is 2.21. The number of aromatic nitrogens is 1. The van der Waals surface area contributed by atoms with Crippen LogP contribution in [0.1, 0.15) is 160 Å². The summed E-state index contributed by atoms with van der Waals surface area (Å²) in [7, 11) is 0. The number of H-pyrrole nitrogens is 1. The van der Waals surface area contributed by atoms with Gasteiger partial charge in [-0.15, -0.1) is 0 Å². The van der Waals surface area contributed by atoms with E-state index in [2.05, 4.69) is 77.3 Å². The number of nitrogens with two attached hydrogens (primary N) is 3. The number of fused-ring (bicyclic) bond motifs is 1. The number of rotatable bonds is 55. The Hall–Kier alpha value is -12.2. The quantitative estimate of drug-likeness (QED) is 0.0144. The Labute approximate surface area is 666 Å². The molecule has 1 aromatic heterocycles. The fourth-order valence-electron chi connectivity index (χ4n) is 11.6. The van der Waals surface area contributed by atoms with Gasteiger partial charge in [0.15, 0.2) is 5.78 Å². The lowest BCUT2D eigenvalue weighted by atomic mass is 9.96. The topological polar surface area (TPSA) is 696 Å². The van der Waals surface area contributed by atoms with Gasteiger partial charge in [0.05, 0.1) is 51.5 Å². The Morgan fingerprint density at radius 2 is 0.922 bits per heavy atom. The van der Waals surface area contributed by atoms with E-state index in [-0.39, 0.29) is 43.5 Å². The molecule has 0 saturated heterocycles. The molecule has 0 spiro atoms. The molecule has 14 amide bonds. The Bertz CT molecular complexity index is 3970. The van der Waals surface area contributed by atoms with Crippen molar-refractivity contribution in [2.45, 2.75) is 223 Å². The number of Topliss-reactive ketones (excluding diaryl/α,β-unsaturated/α-hetero) is 1. The first-order valence-corrected chi connectivity index (χ1v) is 37.6. The lowest BCUT2D eigenvalue weighted by Crippen LogP contribution is -2.61. The van der Waals surface area contributed by atoms with Gasteiger partial charge in [-0.1, -0.05) is 96.0 Å². The molecule has 42 heteroatoms. The number of carboxylic acids is 4. The molecule has 640 valence electrons. The summed E-state index contributed by atoms with van der Waals surface area (Å²) in [4.78, 5) is 252. The Morgan fingerprint density at radius 1 is 0.448 bits per heavy atom. The Morgan fingerprint density at radius 3 is 1.49 bits per heavy atom. The number of unbranched alkanes of at least 4 members (excludes halogenated alkanes) is 5. The molecule has 0 fully saturated rings. The number of nitrogen functional groups attached to an aromatic ring is 1. The second kappa shape index (κ2) is 50.1. The number of para-hydroxylation sites is 2. The van der Waals surface area contributed by atoms with Gasteiger partial charge in [0.2, 0.25) is 82.7 Å². The van der Waals surface area contributed by atoms with Crippen LogP contribution in [-0.2, 0) is 92.7 Å². The molecule has 26 N–H and O–H groups in total. The van der Waals surface area contributed by atoms with Crippen LogP contribution in [0.4, 0.5) is 5.69 Å². The van der Waals surface area contributed by atoms with Gasteiger partial charge in [-0.25, -0.2) is 4.79 Å². The van der Waals surface area contributed by atoms with Gasteiger partial charge in [0, 0.05) is 47.6 Å². The van der Waals surface area contributed by atoms with E-state index in [4.69, 9.17) is 17.2 Å². The zero-order valence-corrected chi connectivity index (χ0v) is 65.3. The van der Waals surface area contributed by atoms with Crippen molar-refractivity contribution in [1.82, 2.24) is 74.1 Å². The highest BCUT2D eigenvalue weighted by atomic mass is 16.4. The third kappa shape index (κ3) is 35.0. The number of hydrogen-bond acceptors (Lipinski definition) is 23. The lowest BCUT2D eigenvalue weighted by molar-refractivity contribution is -0.143. The predicted octanol–water partition coefficient (Wildman–Crippen LogP) is -4.53. The number of hydrogen-bond donors (Lipinski definition) is 23. The first-order chi connectivity index (χ1) is 54.7. The molecule has 1 heterocycles. The predicted molar refractivity (Wildman–Crippen MR) is 411 cm³/mol. The normalized spacial score (nSPS) is 14.7. The average Bonchev–Trinajstić information content (AvgIpc) is 1.67. The summed E-state index contributed by atoms with van der Waals surface area (Å²) < 4.78 is 0. The Kier molecular flexibility index (Phi) is 42.3. The molecular formula is C74H109N17O25. The standard InChI is InChI=1S/C74H109N17O25/c1-7-37(2)19-12-10-8-9-11-13-25-56(96)84-48(28-42-33-78-46-23-17-15-20-43(42)46)68(109)87-49(30-55(77)95)69(110)88-51(32-61(103)104)70(111)91-63(41(6)93)72(113)80-35-57(97)83-47(24-18-26-75)67(108)82-39(4)64(105)81-40(5)65(106)86-50(31-60(101)102)66(107)79-34-58(98)85-53(36-92)71(112)90-62(38(3)27-59(99)100)73(114)89-52(74(115)116)29-54(94)44-21-14-16-22-45(44)76/h14-17,20-23,33,37-41,47-53,62-63,78,92-93H,7-13,18-19,24-32,34-36,75-76H2,1-6H3,(H2,77,95)(H,79,107)(H,80,113)(H,81,105)(H,82,108)(H,83,97)(H,84,96)(H,85,98)(H,86,106)(H,87,109)(H,88,110)(H,89,114)(H,90,112)(H,91,111)(H,99,100)(H,101,102)(H,103,104)(H,115,116)/t37?,38?,39-,40+,41-,47+,48+,49+,50+,51+,52+,53-,62+,63+/m1/s1. The van der Waals surface area contributed by atoms with Gasteiger partial charge in [0.25, 0.3) is 0 Å². The maximum Gasteiger partial charge on any atom is 0.326 e. The largest absolute Gasteiger partial charge is 0.481 e. The molecule has 2 unspecified atom stereocenters. The van der Waals surface area contributed by atoms with Crippen molar-refractivity contribution in [3.8, 4) is 0 Å². The number of aliphatic hydroxyl groups is 2. The van der Waals surface area contributed by atoms with E-state index in [1.54, 1.807) is 30.5 Å². The maximum atomic E-state index is 14.2. The van der Waals surface area contributed by atoms with Crippen LogP contribution in [0.5, 0.6) is 0 Å². The SMILES string of the molecule is CCC(C)CCCCCCCCC(=O)N[C@@H](Cc1c[nH]c2ccccc12)C(=O)N[C@@H](CC(N)=O)C(=O)N[C@@H](CC(=O)O)C(=O)N[C@H](C(=O)NCC(=O)N[C@@H](CCCN)C(=O)N[C@H](C)C(=O)N[C@@H](C)C(=O)N[C@@H](CC(=O)O)C(=O)NCC(=O)N[C@H](CO)C(=O)N[C@H](C(=O)N[C@@H](CC(=O)c1ccccc1N)C(=O)O)C(C)CC(=O)O)[C@@H](C)O. The zero-order valence-electron chi connectivity index (χ0n) is 65.3. The van der Waals surface area contributed by atoms with E-state index in [0.29, 0.717) is 28.8 Å². The number of anilines is 1. The molecule has 116 heavy (non-hydrogen) atoms. The lowest BCUT2D eigenvalue weighted by Gasteiger charge is -2.27. The first-order valence-electron chi connectivity index (χ1n) is 37.6. The van der Waals surface area contributed by atoms with Gasteiger partial charge in [-0.05, 0) is 82.2 Å². The van der Waals surface area contributed by atoms with Crippen LogP contribution >= 0.6 is 0 Å². The highest BCUT2D eigenvalue weighted by Gasteiger charge is 2.38. The molecule has 3 aromatic rings. The number of aromatic amines is 1. The van der Waals surface area contributed by atoms with Gasteiger partial charge in [0.1, 0.15) is 66.5 Å². The molecular weight excluding hydrogens is 1530 g/mol. The minimum atomic E-state index is -2.09. The van der Waals surface area contributed by atoms with Crippen molar-refractivity contribution >= 4 is 129 Å². The molecule has 14 atom stereocenters. The number of ketones is 1. The molecule has 2 aromatic carbocycles. The second-order valence-electron chi connectivity index (χ2n) is 28.1. The monoisotopic (exact) mass is 1640 g/mol. The van der Waals surface area contributed by atoms with E-state index in [1.807, 2.05) is 10.6 Å². The number of benzene rings is 2. The summed E-state index contributed by atoms with van der Waals surface area (Å²) in [6, 6.07) is -7.01. The number of carbonyl (C=O) groups is 19. The number of nitrogens with one attached hydrogen (secondary N) is 14. The molecule has 0 aliphatic heterocycles. The number of aliphatic hydroxyl groups excluding tert-OH is 2. The van der Waals surface area contributed by atoms with Crippen LogP contribution in [0, 0.1) is 11.8 Å². The Balaban J connectivity index is 1.64. The van der Waals surface area contributed by atoms with Crippen molar-refractivity contribution in [2.24, 2.45) is 23.3 Å². The molecule has 0 aliphatic carbocycles. The number of carboxylic acid groups (broad SMARTS) is 4. The van der Waals surface area contributed by atoms with Crippen LogP contribution in [0.15, 0.2) is 54.7 Å². The first kappa shape index (κ1) is 98.0. The fraction of sp³-hybridized carbons (Fsp3) is 0.554. The number of aliphatic carboxylic acids is 4. The number of amides is 14. The van der Waals surface area contributed by atoms with E-state index in [0.717, 1.165) is 65.7 Å². The minimum absolute atomic E-state index is 0.00329. The van der Waals surface area contributed by atoms with Gasteiger partial charge < -0.3 is 122 Å². The smallest absolute Gasteiger partial charge is 0.326 e. The van der Waals surface area contributed by atoms with Gasteiger partial charge in [-0.2, -0.15) is 0 Å². The summed E-state index contributed by atoms with van der Waals surface area (Å²) in [6.45, 7) is 5.47. The van der Waals surface area contributed by atoms with Crippen LogP contribution < -0.4 is 86.3 Å². The van der Waals surface area contributed by atoms with Gasteiger partial charge >= 0.3 is 23.9 Å². The molecule has 0 radical (unpaired) electrons. The molecule has 0 aliphatic rings. The third-order valence-electron chi connectivity index (χ3n) is 18.4. The molecule has 42 nitrogen and oxygen atoms in total. The van der Waals surface area contributed by atoms with E-state index < -0.39 is 243 Å². The van der Waals surface area contributed by atoms with E-state index in [9.17, 15) is 122 Å². The molecule has 0 bridgehead atoms. The summed E-state index contributed by atoms with van der Waals surface area (Å²) in [5, 5.41) is 88.9. The summed E-state index contributed by atoms with van der Waals surface area (Å²) >= 11 is 0. The van der Waals surface area contributed by atoms with E-state index in [1.165, 1.54) is 31.2 Å². The maximum absolute atomic E-state index is 14.2. The van der Waals surface area contributed by atoms with Gasteiger partial charge in [-0.3, -0.25) is 86.3 Å². The van der Waals surface area contributed by atoms with Crippen LogP contribution in [0.3, 0.4) is 0 Å².